The molecule has 0 bridgehead atoms. The first kappa shape index (κ1) is 13.3. The Balaban J connectivity index is 1.97. The van der Waals surface area contributed by atoms with Crippen LogP contribution in [0.1, 0.15) is 5.56 Å². The predicted octanol–water partition coefficient (Wildman–Crippen LogP) is 4.95. The van der Waals surface area contributed by atoms with E-state index in [1.54, 1.807) is 6.07 Å². The Bertz CT molecular complexity index is 856. The normalized spacial score (nSPS) is 10.0. The van der Waals surface area contributed by atoms with E-state index < -0.39 is 0 Å². The minimum Gasteiger partial charge on any atom is -0.345 e. The number of benzene rings is 2. The molecule has 0 spiro atoms. The zero-order valence-corrected chi connectivity index (χ0v) is 12.0. The number of hydrogen-bond acceptors (Lipinski definition) is 2. The molecule has 2 nitrogen and oxygen atoms in total. The molecule has 0 unspecified atom stereocenters. The zero-order chi connectivity index (χ0) is 14.7. The molecule has 0 amide bonds. The van der Waals surface area contributed by atoms with Gasteiger partial charge in [0, 0.05) is 5.69 Å². The lowest BCUT2D eigenvalue weighted by Crippen LogP contribution is -1.87. The van der Waals surface area contributed by atoms with Crippen LogP contribution in [0.2, 0.25) is 0 Å². The summed E-state index contributed by atoms with van der Waals surface area (Å²) in [5.41, 5.74) is 4.82. The van der Waals surface area contributed by atoms with Crippen molar-refractivity contribution in [3.8, 4) is 28.5 Å². The van der Waals surface area contributed by atoms with Crippen molar-refractivity contribution in [1.82, 2.24) is 4.98 Å². The number of hydrogen-bond donors (Lipinski definition) is 1. The third kappa shape index (κ3) is 2.76. The fourth-order valence-corrected chi connectivity index (χ4v) is 2.43. The summed E-state index contributed by atoms with van der Waals surface area (Å²) >= 11 is 5.16. The SMILES string of the molecule is N#Cc1ccc(-c2ccc(-c3ccccc3)cc2)[nH]c1=S. The summed E-state index contributed by atoms with van der Waals surface area (Å²) in [5.74, 6) is 0. The lowest BCUT2D eigenvalue weighted by atomic mass is 10.0. The fraction of sp³-hybridized carbons (Fsp3) is 0. The third-order valence-corrected chi connectivity index (χ3v) is 3.65. The van der Waals surface area contributed by atoms with E-state index in [0.29, 0.717) is 10.2 Å². The first-order valence-corrected chi connectivity index (χ1v) is 6.98. The summed E-state index contributed by atoms with van der Waals surface area (Å²) in [5, 5.41) is 8.91. The number of nitrogens with zero attached hydrogens (tertiary/aromatic N) is 1. The monoisotopic (exact) mass is 288 g/mol. The highest BCUT2D eigenvalue weighted by Gasteiger charge is 2.02. The Morgan fingerprint density at radius 3 is 2.00 bits per heavy atom. The molecule has 1 heterocycles. The molecule has 3 rings (SSSR count). The van der Waals surface area contributed by atoms with Crippen LogP contribution in [0.3, 0.4) is 0 Å². The van der Waals surface area contributed by atoms with E-state index in [-0.39, 0.29) is 0 Å². The molecule has 0 saturated carbocycles. The highest BCUT2D eigenvalue weighted by molar-refractivity contribution is 7.71. The van der Waals surface area contributed by atoms with Crippen LogP contribution in [-0.2, 0) is 0 Å². The van der Waals surface area contributed by atoms with Crippen molar-refractivity contribution >= 4 is 12.2 Å². The lowest BCUT2D eigenvalue weighted by molar-refractivity contribution is 1.27. The van der Waals surface area contributed by atoms with Crippen molar-refractivity contribution in [2.75, 3.05) is 0 Å². The number of pyridine rings is 1. The highest BCUT2D eigenvalue weighted by Crippen LogP contribution is 2.23. The van der Waals surface area contributed by atoms with Crippen LogP contribution in [0.5, 0.6) is 0 Å². The number of nitrogens with one attached hydrogen (secondary N) is 1. The number of rotatable bonds is 2. The first-order valence-electron chi connectivity index (χ1n) is 6.57. The van der Waals surface area contributed by atoms with Gasteiger partial charge in [0.25, 0.3) is 0 Å². The molecule has 0 saturated heterocycles. The molecule has 1 N–H and O–H groups in total. The van der Waals surface area contributed by atoms with Crippen LogP contribution in [0.4, 0.5) is 0 Å². The van der Waals surface area contributed by atoms with Gasteiger partial charge in [0.05, 0.1) is 5.56 Å². The summed E-state index contributed by atoms with van der Waals surface area (Å²) in [6.07, 6.45) is 0. The van der Waals surface area contributed by atoms with Crippen molar-refractivity contribution in [1.29, 1.82) is 5.26 Å². The van der Waals surface area contributed by atoms with Crippen LogP contribution < -0.4 is 0 Å². The molecule has 0 aliphatic carbocycles. The lowest BCUT2D eigenvalue weighted by Gasteiger charge is -2.05. The molecule has 0 fully saturated rings. The van der Waals surface area contributed by atoms with Gasteiger partial charge in [-0.1, -0.05) is 66.8 Å². The molecule has 0 aliphatic heterocycles. The quantitative estimate of drug-likeness (QED) is 0.678. The van der Waals surface area contributed by atoms with Crippen molar-refractivity contribution in [2.45, 2.75) is 0 Å². The average Bonchev–Trinajstić information content (AvgIpc) is 2.56. The fourth-order valence-electron chi connectivity index (χ4n) is 2.20. The van der Waals surface area contributed by atoms with E-state index >= 15 is 0 Å². The van der Waals surface area contributed by atoms with Crippen LogP contribution in [-0.4, -0.2) is 4.98 Å². The highest BCUT2D eigenvalue weighted by atomic mass is 32.1. The van der Waals surface area contributed by atoms with Gasteiger partial charge in [0.2, 0.25) is 0 Å². The number of H-pyrrole nitrogens is 1. The zero-order valence-electron chi connectivity index (χ0n) is 11.2. The Morgan fingerprint density at radius 1 is 0.762 bits per heavy atom. The van der Waals surface area contributed by atoms with Crippen LogP contribution in [0.25, 0.3) is 22.4 Å². The van der Waals surface area contributed by atoms with Crippen LogP contribution in [0.15, 0.2) is 66.7 Å². The molecular formula is C18H12N2S. The second-order valence-electron chi connectivity index (χ2n) is 4.67. The van der Waals surface area contributed by atoms with Gasteiger partial charge in [-0.2, -0.15) is 5.26 Å². The van der Waals surface area contributed by atoms with E-state index in [4.69, 9.17) is 17.5 Å². The molecule has 0 atom stereocenters. The number of nitriles is 1. The summed E-state index contributed by atoms with van der Waals surface area (Å²) in [6.45, 7) is 0. The molecule has 1 aromatic heterocycles. The Hall–Kier alpha value is -2.70. The minimum absolute atomic E-state index is 0.474. The summed E-state index contributed by atoms with van der Waals surface area (Å²) in [4.78, 5) is 3.09. The maximum atomic E-state index is 8.91. The second kappa shape index (κ2) is 5.74. The van der Waals surface area contributed by atoms with Gasteiger partial charge in [-0.25, -0.2) is 0 Å². The van der Waals surface area contributed by atoms with Crippen LogP contribution >= 0.6 is 12.2 Å². The maximum absolute atomic E-state index is 8.91. The molecule has 0 aliphatic rings. The molecule has 3 heteroatoms. The Labute approximate surface area is 128 Å². The molecule has 21 heavy (non-hydrogen) atoms. The molecule has 3 aromatic rings. The van der Waals surface area contributed by atoms with E-state index in [1.807, 2.05) is 24.3 Å². The number of aromatic nitrogens is 1. The summed E-state index contributed by atoms with van der Waals surface area (Å²) < 4.78 is 0.474. The van der Waals surface area contributed by atoms with Gasteiger partial charge in [0.1, 0.15) is 10.7 Å². The van der Waals surface area contributed by atoms with Crippen molar-refractivity contribution in [3.63, 3.8) is 0 Å². The number of aromatic amines is 1. The van der Waals surface area contributed by atoms with Crippen LogP contribution in [0, 0.1) is 16.0 Å². The minimum atomic E-state index is 0.474. The van der Waals surface area contributed by atoms with E-state index in [9.17, 15) is 0 Å². The van der Waals surface area contributed by atoms with Gasteiger partial charge < -0.3 is 4.98 Å². The standard InChI is InChI=1S/C18H12N2S/c19-12-16-10-11-17(20-18(16)21)15-8-6-14(7-9-15)13-4-2-1-3-5-13/h1-11H,(H,20,21). The molecule has 0 radical (unpaired) electrons. The van der Waals surface area contributed by atoms with Crippen molar-refractivity contribution in [3.05, 3.63) is 76.9 Å². The summed E-state index contributed by atoms with van der Waals surface area (Å²) in [6, 6.07) is 24.2. The maximum Gasteiger partial charge on any atom is 0.121 e. The second-order valence-corrected chi connectivity index (χ2v) is 5.08. The topological polar surface area (TPSA) is 39.6 Å². The molecular weight excluding hydrogens is 276 g/mol. The Kier molecular flexibility index (Phi) is 3.63. The van der Waals surface area contributed by atoms with Gasteiger partial charge in [-0.05, 0) is 28.8 Å². The van der Waals surface area contributed by atoms with Crippen molar-refractivity contribution < 1.29 is 0 Å². The molecule has 2 aromatic carbocycles. The van der Waals surface area contributed by atoms with E-state index in [0.717, 1.165) is 11.3 Å². The Morgan fingerprint density at radius 2 is 1.38 bits per heavy atom. The predicted molar refractivity (Wildman–Crippen MR) is 87.2 cm³/mol. The van der Waals surface area contributed by atoms with Gasteiger partial charge >= 0.3 is 0 Å². The van der Waals surface area contributed by atoms with Gasteiger partial charge in [-0.3, -0.25) is 0 Å². The van der Waals surface area contributed by atoms with E-state index in [1.165, 1.54) is 11.1 Å². The van der Waals surface area contributed by atoms with E-state index in [2.05, 4.69) is 47.5 Å². The summed E-state index contributed by atoms with van der Waals surface area (Å²) in [7, 11) is 0. The largest absolute Gasteiger partial charge is 0.345 e. The van der Waals surface area contributed by atoms with Gasteiger partial charge in [-0.15, -0.1) is 0 Å². The van der Waals surface area contributed by atoms with Crippen molar-refractivity contribution in [2.24, 2.45) is 0 Å². The smallest absolute Gasteiger partial charge is 0.121 e. The van der Waals surface area contributed by atoms with Gasteiger partial charge in [0.15, 0.2) is 0 Å². The average molecular weight is 288 g/mol. The molecule has 100 valence electrons. The first-order chi connectivity index (χ1) is 10.3. The third-order valence-electron chi connectivity index (χ3n) is 3.33.